The molecule has 1 saturated heterocycles. The zero-order valence-corrected chi connectivity index (χ0v) is 8.43. The number of piperidine rings is 1. The molecule has 1 fully saturated rings. The zero-order valence-electron chi connectivity index (χ0n) is 6.85. The van der Waals surface area contributed by atoms with E-state index in [0.717, 1.165) is 17.0 Å². The summed E-state index contributed by atoms with van der Waals surface area (Å²) in [5.41, 5.74) is 0. The van der Waals surface area contributed by atoms with E-state index >= 15 is 0 Å². The van der Waals surface area contributed by atoms with Crippen molar-refractivity contribution in [1.82, 2.24) is 5.32 Å². The lowest BCUT2D eigenvalue weighted by Gasteiger charge is -2.21. The van der Waals surface area contributed by atoms with Crippen molar-refractivity contribution < 1.29 is 4.42 Å². The molecule has 12 heavy (non-hydrogen) atoms. The van der Waals surface area contributed by atoms with Crippen molar-refractivity contribution in [3.8, 4) is 0 Å². The Morgan fingerprint density at radius 1 is 1.42 bits per heavy atom. The van der Waals surface area contributed by atoms with E-state index in [-0.39, 0.29) is 0 Å². The normalized spacial score (nSPS) is 24.2. The van der Waals surface area contributed by atoms with Crippen LogP contribution >= 0.6 is 15.9 Å². The van der Waals surface area contributed by atoms with Gasteiger partial charge in [0.25, 0.3) is 0 Å². The minimum atomic E-state index is 0.435. The Hall–Kier alpha value is -0.280. The molecule has 0 unspecified atom stereocenters. The summed E-state index contributed by atoms with van der Waals surface area (Å²) in [7, 11) is 0. The fourth-order valence-electron chi connectivity index (χ4n) is 1.61. The number of hydrogen-bond donors (Lipinski definition) is 1. The van der Waals surface area contributed by atoms with Gasteiger partial charge in [0.15, 0.2) is 4.67 Å². The first-order chi connectivity index (χ1) is 5.86. The molecule has 1 aromatic heterocycles. The van der Waals surface area contributed by atoms with Crippen LogP contribution in [0.4, 0.5) is 0 Å². The van der Waals surface area contributed by atoms with Crippen LogP contribution in [-0.4, -0.2) is 6.54 Å². The monoisotopic (exact) mass is 229 g/mol. The molecule has 2 rings (SSSR count). The number of halogens is 1. The summed E-state index contributed by atoms with van der Waals surface area (Å²) in [6, 6.07) is 4.42. The third-order valence-electron chi connectivity index (χ3n) is 2.25. The van der Waals surface area contributed by atoms with Crippen molar-refractivity contribution in [2.75, 3.05) is 6.54 Å². The molecule has 3 heteroatoms. The van der Waals surface area contributed by atoms with Crippen LogP contribution in [0.3, 0.4) is 0 Å². The van der Waals surface area contributed by atoms with Crippen molar-refractivity contribution in [1.29, 1.82) is 0 Å². The summed E-state index contributed by atoms with van der Waals surface area (Å²) in [6.07, 6.45) is 3.79. The zero-order chi connectivity index (χ0) is 8.39. The number of nitrogens with one attached hydrogen (secondary N) is 1. The highest BCUT2D eigenvalue weighted by Gasteiger charge is 2.17. The maximum absolute atomic E-state index is 5.48. The Bertz CT molecular complexity index is 253. The molecule has 1 atom stereocenters. The van der Waals surface area contributed by atoms with Gasteiger partial charge in [0.05, 0.1) is 6.04 Å². The second-order valence-corrected chi connectivity index (χ2v) is 3.93. The highest BCUT2D eigenvalue weighted by Crippen LogP contribution is 2.26. The van der Waals surface area contributed by atoms with Crippen LogP contribution in [0.15, 0.2) is 21.2 Å². The Morgan fingerprint density at radius 3 is 2.92 bits per heavy atom. The minimum absolute atomic E-state index is 0.435. The fraction of sp³-hybridized carbons (Fsp3) is 0.556. The Labute approximate surface area is 80.5 Å². The van der Waals surface area contributed by atoms with Gasteiger partial charge in [-0.2, -0.15) is 0 Å². The highest BCUT2D eigenvalue weighted by molar-refractivity contribution is 9.10. The fourth-order valence-corrected chi connectivity index (χ4v) is 1.93. The molecule has 0 aliphatic carbocycles. The molecular formula is C9H12BrNO. The van der Waals surface area contributed by atoms with Gasteiger partial charge < -0.3 is 9.73 Å². The van der Waals surface area contributed by atoms with Crippen molar-refractivity contribution in [3.63, 3.8) is 0 Å². The largest absolute Gasteiger partial charge is 0.453 e. The van der Waals surface area contributed by atoms with Gasteiger partial charge in [-0.15, -0.1) is 0 Å². The van der Waals surface area contributed by atoms with Crippen LogP contribution < -0.4 is 5.32 Å². The second-order valence-electron chi connectivity index (χ2n) is 3.14. The smallest absolute Gasteiger partial charge is 0.169 e. The molecule has 66 valence electrons. The van der Waals surface area contributed by atoms with Gasteiger partial charge in [-0.1, -0.05) is 6.42 Å². The predicted octanol–water partition coefficient (Wildman–Crippen LogP) is 2.86. The Balaban J connectivity index is 2.08. The molecule has 1 aromatic rings. The molecule has 0 spiro atoms. The highest BCUT2D eigenvalue weighted by atomic mass is 79.9. The molecule has 1 N–H and O–H groups in total. The van der Waals surface area contributed by atoms with Crippen LogP contribution in [0.2, 0.25) is 0 Å². The van der Waals surface area contributed by atoms with E-state index in [1.54, 1.807) is 0 Å². The topological polar surface area (TPSA) is 25.2 Å². The van der Waals surface area contributed by atoms with Crippen molar-refractivity contribution in [2.24, 2.45) is 0 Å². The van der Waals surface area contributed by atoms with Crippen molar-refractivity contribution in [3.05, 3.63) is 22.6 Å². The molecule has 2 heterocycles. The quantitative estimate of drug-likeness (QED) is 0.802. The minimum Gasteiger partial charge on any atom is -0.453 e. The summed E-state index contributed by atoms with van der Waals surface area (Å²) < 4.78 is 6.30. The van der Waals surface area contributed by atoms with Crippen LogP contribution in [0, 0.1) is 0 Å². The van der Waals surface area contributed by atoms with E-state index in [1.165, 1.54) is 19.3 Å². The average Bonchev–Trinajstić information content (AvgIpc) is 2.54. The van der Waals surface area contributed by atoms with Crippen LogP contribution in [0.5, 0.6) is 0 Å². The average molecular weight is 230 g/mol. The van der Waals surface area contributed by atoms with E-state index in [2.05, 4.69) is 21.2 Å². The molecule has 0 amide bonds. The Morgan fingerprint density at radius 2 is 2.33 bits per heavy atom. The van der Waals surface area contributed by atoms with Gasteiger partial charge in [0.2, 0.25) is 0 Å². The number of hydrogen-bond acceptors (Lipinski definition) is 2. The molecule has 2 nitrogen and oxygen atoms in total. The van der Waals surface area contributed by atoms with Gasteiger partial charge in [0.1, 0.15) is 5.76 Å². The lowest BCUT2D eigenvalue weighted by molar-refractivity contribution is 0.344. The van der Waals surface area contributed by atoms with Crippen LogP contribution in [0.25, 0.3) is 0 Å². The summed E-state index contributed by atoms with van der Waals surface area (Å²) in [5.74, 6) is 1.06. The first kappa shape index (κ1) is 8.32. The lowest BCUT2D eigenvalue weighted by Crippen LogP contribution is -2.26. The molecule has 0 aromatic carbocycles. The van der Waals surface area contributed by atoms with Crippen LogP contribution in [0.1, 0.15) is 31.1 Å². The van der Waals surface area contributed by atoms with E-state index < -0.39 is 0 Å². The Kier molecular flexibility index (Phi) is 2.51. The predicted molar refractivity (Wildman–Crippen MR) is 51.0 cm³/mol. The summed E-state index contributed by atoms with van der Waals surface area (Å²) in [5, 5.41) is 3.43. The maximum Gasteiger partial charge on any atom is 0.169 e. The molecule has 1 aliphatic heterocycles. The van der Waals surface area contributed by atoms with Crippen molar-refractivity contribution >= 4 is 15.9 Å². The van der Waals surface area contributed by atoms with Crippen LogP contribution in [-0.2, 0) is 0 Å². The summed E-state index contributed by atoms with van der Waals surface area (Å²) in [4.78, 5) is 0. The van der Waals surface area contributed by atoms with Gasteiger partial charge in [-0.05, 0) is 47.4 Å². The second kappa shape index (κ2) is 3.62. The van der Waals surface area contributed by atoms with Gasteiger partial charge in [-0.3, -0.25) is 0 Å². The molecule has 0 saturated carbocycles. The van der Waals surface area contributed by atoms with E-state index in [1.807, 2.05) is 12.1 Å². The summed E-state index contributed by atoms with van der Waals surface area (Å²) >= 11 is 3.30. The molecular weight excluding hydrogens is 218 g/mol. The first-order valence-corrected chi connectivity index (χ1v) is 5.14. The van der Waals surface area contributed by atoms with Gasteiger partial charge in [-0.25, -0.2) is 0 Å². The number of furan rings is 1. The van der Waals surface area contributed by atoms with E-state index in [9.17, 15) is 0 Å². The van der Waals surface area contributed by atoms with Crippen molar-refractivity contribution in [2.45, 2.75) is 25.3 Å². The summed E-state index contributed by atoms with van der Waals surface area (Å²) in [6.45, 7) is 1.11. The molecule has 1 aliphatic rings. The van der Waals surface area contributed by atoms with Gasteiger partial charge in [0, 0.05) is 0 Å². The van der Waals surface area contributed by atoms with E-state index in [0.29, 0.717) is 6.04 Å². The van der Waals surface area contributed by atoms with Gasteiger partial charge >= 0.3 is 0 Å². The SMILES string of the molecule is Brc1ccc([C@@H]2CCCCN2)o1. The molecule has 0 radical (unpaired) electrons. The third kappa shape index (κ3) is 1.72. The standard InChI is InChI=1S/C9H12BrNO/c10-9-5-4-8(12-9)7-3-1-2-6-11-7/h4-5,7,11H,1-3,6H2/t7-/m0/s1. The first-order valence-electron chi connectivity index (χ1n) is 4.35. The maximum atomic E-state index is 5.48. The molecule has 0 bridgehead atoms. The number of rotatable bonds is 1. The lowest BCUT2D eigenvalue weighted by atomic mass is 10.0. The third-order valence-corrected chi connectivity index (χ3v) is 2.67. The van der Waals surface area contributed by atoms with E-state index in [4.69, 9.17) is 4.42 Å².